The molecule has 2 aromatic rings. The molecule has 2 aliphatic rings. The summed E-state index contributed by atoms with van der Waals surface area (Å²) in [5.41, 5.74) is 2.30. The Morgan fingerprint density at radius 1 is 1.11 bits per heavy atom. The Morgan fingerprint density at radius 2 is 1.75 bits per heavy atom. The van der Waals surface area contributed by atoms with Crippen LogP contribution in [-0.4, -0.2) is 35.4 Å². The summed E-state index contributed by atoms with van der Waals surface area (Å²) < 4.78 is 0. The number of nitro benzene ring substituents is 1. The summed E-state index contributed by atoms with van der Waals surface area (Å²) in [4.78, 5) is 38.9. The summed E-state index contributed by atoms with van der Waals surface area (Å²) in [6.45, 7) is 0.208. The molecular weight excluding hydrogens is 384 g/mol. The highest BCUT2D eigenvalue weighted by Gasteiger charge is 2.43. The smallest absolute Gasteiger partial charge is 0.322 e. The van der Waals surface area contributed by atoms with E-state index in [1.165, 1.54) is 34.1 Å². The summed E-state index contributed by atoms with van der Waals surface area (Å²) in [6, 6.07) is 11.8. The van der Waals surface area contributed by atoms with Gasteiger partial charge in [-0.15, -0.1) is 0 Å². The van der Waals surface area contributed by atoms with E-state index in [1.54, 1.807) is 31.3 Å². The van der Waals surface area contributed by atoms with Crippen molar-refractivity contribution in [3.05, 3.63) is 80.5 Å². The summed E-state index contributed by atoms with van der Waals surface area (Å²) in [5, 5.41) is 14.3. The number of carbonyl (C=O) groups is 2. The van der Waals surface area contributed by atoms with Crippen molar-refractivity contribution in [2.75, 3.05) is 18.5 Å². The van der Waals surface area contributed by atoms with Crippen LogP contribution in [0.1, 0.15) is 11.6 Å². The van der Waals surface area contributed by atoms with Gasteiger partial charge >= 0.3 is 6.03 Å². The molecule has 1 atom stereocenters. The number of nitrogens with zero attached hydrogens (tertiary/aromatic N) is 3. The van der Waals surface area contributed by atoms with Crippen LogP contribution in [0, 0.1) is 10.1 Å². The van der Waals surface area contributed by atoms with Gasteiger partial charge in [0.15, 0.2) is 0 Å². The maximum Gasteiger partial charge on any atom is 0.322 e. The number of urea groups is 1. The average molecular weight is 399 g/mol. The van der Waals surface area contributed by atoms with Gasteiger partial charge in [-0.05, 0) is 29.8 Å². The molecule has 4 rings (SSSR count). The third-order valence-corrected chi connectivity index (χ3v) is 5.19. The molecule has 9 heteroatoms. The van der Waals surface area contributed by atoms with Gasteiger partial charge in [0.25, 0.3) is 11.6 Å². The van der Waals surface area contributed by atoms with Gasteiger partial charge in [0.2, 0.25) is 0 Å². The second kappa shape index (κ2) is 6.65. The molecule has 0 saturated carbocycles. The number of likely N-dealkylation sites (N-methyl/N-ethyl adjacent to an activating group) is 1. The van der Waals surface area contributed by atoms with Crippen LogP contribution < -0.4 is 10.2 Å². The van der Waals surface area contributed by atoms with Crippen LogP contribution in [0.25, 0.3) is 0 Å². The fourth-order valence-electron chi connectivity index (χ4n) is 3.44. The first-order chi connectivity index (χ1) is 13.4. The Bertz CT molecular complexity index is 1020. The predicted molar refractivity (Wildman–Crippen MR) is 103 cm³/mol. The van der Waals surface area contributed by atoms with Gasteiger partial charge in [-0.2, -0.15) is 0 Å². The number of amides is 3. The highest BCUT2D eigenvalue weighted by atomic mass is 35.5. The van der Waals surface area contributed by atoms with Gasteiger partial charge in [0, 0.05) is 29.9 Å². The summed E-state index contributed by atoms with van der Waals surface area (Å²) >= 11 is 5.95. The minimum absolute atomic E-state index is 0.0545. The topological polar surface area (TPSA) is 95.8 Å². The number of anilines is 1. The fourth-order valence-corrected chi connectivity index (χ4v) is 3.56. The highest BCUT2D eigenvalue weighted by Crippen LogP contribution is 2.38. The first-order valence-electron chi connectivity index (χ1n) is 8.46. The first kappa shape index (κ1) is 18.0. The zero-order valence-electron chi connectivity index (χ0n) is 14.8. The van der Waals surface area contributed by atoms with Crippen molar-refractivity contribution in [2.24, 2.45) is 0 Å². The third-order valence-electron chi connectivity index (χ3n) is 4.94. The maximum absolute atomic E-state index is 13.2. The van der Waals surface area contributed by atoms with Crippen LogP contribution >= 0.6 is 11.6 Å². The standard InChI is InChI=1S/C19H15ClN4O4/c1-22-15-10-23(13-6-8-14(9-7-13)24(27)28)18(25)16(15)17(21-19(22)26)11-2-4-12(20)5-3-11/h2-9,17H,10H2,1H3,(H,21,26)/t17-/m1/s1. The molecule has 0 spiro atoms. The molecule has 0 bridgehead atoms. The molecule has 0 aliphatic carbocycles. The fraction of sp³-hybridized carbons (Fsp3) is 0.158. The number of hydrogen-bond donors (Lipinski definition) is 1. The Balaban J connectivity index is 1.71. The van der Waals surface area contributed by atoms with Gasteiger partial charge in [-0.3, -0.25) is 19.8 Å². The Kier molecular flexibility index (Phi) is 4.27. The van der Waals surface area contributed by atoms with E-state index in [0.717, 1.165) is 5.56 Å². The molecule has 28 heavy (non-hydrogen) atoms. The summed E-state index contributed by atoms with van der Waals surface area (Å²) in [7, 11) is 1.61. The van der Waals surface area contributed by atoms with E-state index in [-0.39, 0.29) is 24.2 Å². The van der Waals surface area contributed by atoms with Crippen molar-refractivity contribution in [3.8, 4) is 0 Å². The van der Waals surface area contributed by atoms with Gasteiger partial charge in [-0.1, -0.05) is 23.7 Å². The van der Waals surface area contributed by atoms with E-state index in [4.69, 9.17) is 11.6 Å². The molecule has 142 valence electrons. The molecule has 0 saturated heterocycles. The normalized spacial score (nSPS) is 19.0. The van der Waals surface area contributed by atoms with Crippen LogP contribution in [0.3, 0.4) is 0 Å². The Labute approximate surface area is 165 Å². The van der Waals surface area contributed by atoms with Crippen LogP contribution in [0.15, 0.2) is 59.8 Å². The molecule has 3 amide bonds. The number of nitro groups is 1. The highest BCUT2D eigenvalue weighted by molar-refractivity contribution is 6.30. The molecule has 1 N–H and O–H groups in total. The predicted octanol–water partition coefficient (Wildman–Crippen LogP) is 3.25. The lowest BCUT2D eigenvalue weighted by Gasteiger charge is -2.31. The number of non-ortho nitro benzene ring substituents is 1. The maximum atomic E-state index is 13.2. The zero-order chi connectivity index (χ0) is 20.0. The molecular formula is C19H15ClN4O4. The Morgan fingerprint density at radius 3 is 2.36 bits per heavy atom. The second-order valence-corrected chi connectivity index (χ2v) is 6.95. The number of benzene rings is 2. The number of nitrogens with one attached hydrogen (secondary N) is 1. The van der Waals surface area contributed by atoms with Crippen molar-refractivity contribution in [3.63, 3.8) is 0 Å². The van der Waals surface area contributed by atoms with Crippen molar-refractivity contribution >= 4 is 34.9 Å². The number of hydrogen-bond acceptors (Lipinski definition) is 4. The first-order valence-corrected chi connectivity index (χ1v) is 8.83. The van der Waals surface area contributed by atoms with E-state index in [9.17, 15) is 19.7 Å². The summed E-state index contributed by atoms with van der Waals surface area (Å²) in [6.07, 6.45) is 0. The minimum atomic E-state index is -0.591. The van der Waals surface area contributed by atoms with Crippen LogP contribution in [0.2, 0.25) is 5.02 Å². The number of halogens is 1. The molecule has 2 aliphatic heterocycles. The average Bonchev–Trinajstić information content (AvgIpc) is 3.03. The van der Waals surface area contributed by atoms with Crippen molar-refractivity contribution in [1.82, 2.24) is 10.2 Å². The van der Waals surface area contributed by atoms with E-state index in [2.05, 4.69) is 5.32 Å². The largest absolute Gasteiger partial charge is 0.327 e. The molecule has 0 aromatic heterocycles. The van der Waals surface area contributed by atoms with Crippen LogP contribution in [0.4, 0.5) is 16.2 Å². The van der Waals surface area contributed by atoms with Crippen molar-refractivity contribution < 1.29 is 14.5 Å². The minimum Gasteiger partial charge on any atom is -0.327 e. The number of carbonyl (C=O) groups excluding carboxylic acids is 2. The van der Waals surface area contributed by atoms with Crippen LogP contribution in [0.5, 0.6) is 0 Å². The lowest BCUT2D eigenvalue weighted by Crippen LogP contribution is -2.45. The monoisotopic (exact) mass is 398 g/mol. The van der Waals surface area contributed by atoms with E-state index < -0.39 is 11.0 Å². The van der Waals surface area contributed by atoms with Crippen molar-refractivity contribution in [1.29, 1.82) is 0 Å². The quantitative estimate of drug-likeness (QED) is 0.634. The van der Waals surface area contributed by atoms with Gasteiger partial charge in [0.1, 0.15) is 0 Å². The van der Waals surface area contributed by atoms with Gasteiger partial charge in [0.05, 0.1) is 28.8 Å². The number of rotatable bonds is 3. The van der Waals surface area contributed by atoms with E-state index in [0.29, 0.717) is 22.0 Å². The van der Waals surface area contributed by atoms with Crippen LogP contribution in [-0.2, 0) is 4.79 Å². The summed E-state index contributed by atoms with van der Waals surface area (Å²) in [5.74, 6) is -0.254. The molecule has 8 nitrogen and oxygen atoms in total. The Hall–Kier alpha value is -3.39. The van der Waals surface area contributed by atoms with Gasteiger partial charge in [-0.25, -0.2) is 4.79 Å². The molecule has 0 fully saturated rings. The van der Waals surface area contributed by atoms with E-state index in [1.807, 2.05) is 0 Å². The molecule has 2 aromatic carbocycles. The molecule has 0 unspecified atom stereocenters. The van der Waals surface area contributed by atoms with Crippen molar-refractivity contribution in [2.45, 2.75) is 6.04 Å². The lowest BCUT2D eigenvalue weighted by molar-refractivity contribution is -0.384. The zero-order valence-corrected chi connectivity index (χ0v) is 15.5. The molecule has 2 heterocycles. The second-order valence-electron chi connectivity index (χ2n) is 6.52. The van der Waals surface area contributed by atoms with Gasteiger partial charge < -0.3 is 10.2 Å². The van der Waals surface area contributed by atoms with E-state index >= 15 is 0 Å². The third kappa shape index (κ3) is 2.87. The lowest BCUT2D eigenvalue weighted by atomic mass is 9.96. The SMILES string of the molecule is CN1C(=O)N[C@H](c2ccc(Cl)cc2)C2=C1CN(c1ccc([N+](=O)[O-])cc1)C2=O. The molecule has 0 radical (unpaired) electrons.